The second-order valence-corrected chi connectivity index (χ2v) is 9.61. The van der Waals surface area contributed by atoms with Crippen molar-refractivity contribution in [1.29, 1.82) is 10.5 Å². The van der Waals surface area contributed by atoms with E-state index in [0.717, 1.165) is 30.4 Å². The molecule has 1 heterocycles. The first-order valence-corrected chi connectivity index (χ1v) is 13.1. The molecule has 1 aliphatic heterocycles. The molecule has 9 heteroatoms. The van der Waals surface area contributed by atoms with Crippen LogP contribution in [0, 0.1) is 28.6 Å². The summed E-state index contributed by atoms with van der Waals surface area (Å²) in [6, 6.07) is 23.6. The van der Waals surface area contributed by atoms with Crippen LogP contribution in [0.15, 0.2) is 66.7 Å². The maximum Gasteiger partial charge on any atom is 0.404 e. The number of carbonyl (C=O) groups is 2. The fourth-order valence-electron chi connectivity index (χ4n) is 4.55. The standard InChI is InChI=1S/C31H30N4O5/c32-18-23-1-5-25(6-2-23)20-39-27-9-10-28(29(17-27)40-21-26-7-3-24(19-33)4-8-26)30(36)35-15-12-22(13-16-35)11-14-34-31(37)38/h1-10,17,22,34H,11-16,20-21H2,(H,37,38). The third kappa shape index (κ3) is 7.75. The molecule has 0 unspecified atom stereocenters. The Hall–Kier alpha value is -5.02. The molecule has 0 bridgehead atoms. The Kier molecular flexibility index (Phi) is 9.58. The minimum absolute atomic E-state index is 0.129. The van der Waals surface area contributed by atoms with E-state index in [2.05, 4.69) is 17.5 Å². The lowest BCUT2D eigenvalue weighted by atomic mass is 9.93. The van der Waals surface area contributed by atoms with Crippen molar-refractivity contribution in [1.82, 2.24) is 10.2 Å². The van der Waals surface area contributed by atoms with Crippen LogP contribution in [-0.2, 0) is 13.2 Å². The highest BCUT2D eigenvalue weighted by Crippen LogP contribution is 2.30. The number of nitrogens with zero attached hydrogens (tertiary/aromatic N) is 3. The zero-order chi connectivity index (χ0) is 28.3. The van der Waals surface area contributed by atoms with Gasteiger partial charge in [-0.05, 0) is 72.7 Å². The summed E-state index contributed by atoms with van der Waals surface area (Å²) < 4.78 is 12.1. The van der Waals surface area contributed by atoms with Crippen molar-refractivity contribution in [2.45, 2.75) is 32.5 Å². The zero-order valence-electron chi connectivity index (χ0n) is 22.0. The van der Waals surface area contributed by atoms with E-state index < -0.39 is 6.09 Å². The van der Waals surface area contributed by atoms with Gasteiger partial charge in [-0.15, -0.1) is 0 Å². The van der Waals surface area contributed by atoms with Crippen LogP contribution < -0.4 is 14.8 Å². The first kappa shape index (κ1) is 28.0. The fraction of sp³-hybridized carbons (Fsp3) is 0.290. The van der Waals surface area contributed by atoms with Crippen molar-refractivity contribution in [3.05, 3.63) is 94.5 Å². The first-order valence-electron chi connectivity index (χ1n) is 13.1. The SMILES string of the molecule is N#Cc1ccc(COc2ccc(C(=O)N3CCC(CCNC(=O)O)CC3)c(OCc3ccc(C#N)cc3)c2)cc1. The van der Waals surface area contributed by atoms with Gasteiger partial charge in [-0.25, -0.2) is 4.79 Å². The number of likely N-dealkylation sites (tertiary alicyclic amines) is 1. The molecule has 3 aromatic rings. The number of hydrogen-bond acceptors (Lipinski definition) is 6. The molecule has 9 nitrogen and oxygen atoms in total. The summed E-state index contributed by atoms with van der Waals surface area (Å²) in [4.78, 5) is 26.0. The summed E-state index contributed by atoms with van der Waals surface area (Å²) in [5.41, 5.74) is 3.33. The van der Waals surface area contributed by atoms with Gasteiger partial charge in [0.05, 0.1) is 28.8 Å². The van der Waals surface area contributed by atoms with E-state index in [1.807, 2.05) is 29.2 Å². The van der Waals surface area contributed by atoms with Crippen LogP contribution in [-0.4, -0.2) is 41.6 Å². The molecule has 1 saturated heterocycles. The predicted octanol–water partition coefficient (Wildman–Crippen LogP) is 5.10. The lowest BCUT2D eigenvalue weighted by Crippen LogP contribution is -2.39. The Balaban J connectivity index is 1.45. The number of hydrogen-bond donors (Lipinski definition) is 2. The number of nitriles is 2. The van der Waals surface area contributed by atoms with Gasteiger partial charge in [0.25, 0.3) is 5.91 Å². The van der Waals surface area contributed by atoms with Crippen molar-refractivity contribution in [2.75, 3.05) is 19.6 Å². The molecule has 0 saturated carbocycles. The summed E-state index contributed by atoms with van der Waals surface area (Å²) in [7, 11) is 0. The third-order valence-electron chi connectivity index (χ3n) is 6.88. The van der Waals surface area contributed by atoms with Gasteiger partial charge < -0.3 is 24.8 Å². The second kappa shape index (κ2) is 13.7. The molecular weight excluding hydrogens is 508 g/mol. The van der Waals surface area contributed by atoms with Crippen molar-refractivity contribution in [3.63, 3.8) is 0 Å². The van der Waals surface area contributed by atoms with Gasteiger partial charge >= 0.3 is 6.09 Å². The predicted molar refractivity (Wildman–Crippen MR) is 147 cm³/mol. The largest absolute Gasteiger partial charge is 0.489 e. The van der Waals surface area contributed by atoms with Gasteiger partial charge in [-0.3, -0.25) is 4.79 Å². The molecule has 4 rings (SSSR count). The molecule has 0 aromatic heterocycles. The Morgan fingerprint density at radius 3 is 2.00 bits per heavy atom. The Morgan fingerprint density at radius 1 is 0.875 bits per heavy atom. The highest BCUT2D eigenvalue weighted by atomic mass is 16.5. The van der Waals surface area contributed by atoms with Gasteiger partial charge in [0.1, 0.15) is 24.7 Å². The van der Waals surface area contributed by atoms with Gasteiger partial charge in [0.15, 0.2) is 0 Å². The minimum Gasteiger partial charge on any atom is -0.489 e. The topological polar surface area (TPSA) is 136 Å². The van der Waals surface area contributed by atoms with Crippen molar-refractivity contribution in [3.8, 4) is 23.6 Å². The summed E-state index contributed by atoms with van der Waals surface area (Å²) in [5.74, 6) is 1.18. The van der Waals surface area contributed by atoms with E-state index in [0.29, 0.717) is 53.7 Å². The summed E-state index contributed by atoms with van der Waals surface area (Å²) >= 11 is 0. The highest BCUT2D eigenvalue weighted by Gasteiger charge is 2.26. The second-order valence-electron chi connectivity index (χ2n) is 9.61. The molecule has 3 aromatic carbocycles. The van der Waals surface area contributed by atoms with E-state index in [1.165, 1.54) is 0 Å². The molecule has 204 valence electrons. The maximum atomic E-state index is 13.5. The average molecular weight is 539 g/mol. The van der Waals surface area contributed by atoms with Crippen LogP contribution >= 0.6 is 0 Å². The number of piperidine rings is 1. The van der Waals surface area contributed by atoms with E-state index >= 15 is 0 Å². The van der Waals surface area contributed by atoms with Crippen molar-refractivity contribution >= 4 is 12.0 Å². The molecule has 1 fully saturated rings. The van der Waals surface area contributed by atoms with E-state index in [9.17, 15) is 9.59 Å². The molecule has 2 N–H and O–H groups in total. The van der Waals surface area contributed by atoms with Crippen LogP contribution in [0.4, 0.5) is 4.79 Å². The van der Waals surface area contributed by atoms with Crippen molar-refractivity contribution < 1.29 is 24.2 Å². The van der Waals surface area contributed by atoms with Crippen LogP contribution in [0.1, 0.15) is 51.9 Å². The summed E-state index contributed by atoms with van der Waals surface area (Å²) in [6.45, 7) is 2.08. The van der Waals surface area contributed by atoms with Crippen LogP contribution in [0.3, 0.4) is 0 Å². The molecule has 2 amide bonds. The molecular formula is C31H30N4O5. The molecule has 0 radical (unpaired) electrons. The third-order valence-corrected chi connectivity index (χ3v) is 6.88. The quantitative estimate of drug-likeness (QED) is 0.367. The zero-order valence-corrected chi connectivity index (χ0v) is 22.0. The number of amides is 2. The number of carbonyl (C=O) groups excluding carboxylic acids is 1. The average Bonchev–Trinajstić information content (AvgIpc) is 2.99. The highest BCUT2D eigenvalue weighted by molar-refractivity contribution is 5.97. The number of benzene rings is 3. The Morgan fingerprint density at radius 2 is 1.45 bits per heavy atom. The fourth-order valence-corrected chi connectivity index (χ4v) is 4.55. The first-order chi connectivity index (χ1) is 19.4. The summed E-state index contributed by atoms with van der Waals surface area (Å²) in [6.07, 6.45) is 1.34. The minimum atomic E-state index is -1.02. The number of ether oxygens (including phenoxy) is 2. The van der Waals surface area contributed by atoms with Crippen LogP contribution in [0.2, 0.25) is 0 Å². The lowest BCUT2D eigenvalue weighted by molar-refractivity contribution is 0.0682. The van der Waals surface area contributed by atoms with Crippen LogP contribution in [0.5, 0.6) is 11.5 Å². The Labute approximate surface area is 233 Å². The monoisotopic (exact) mass is 538 g/mol. The molecule has 40 heavy (non-hydrogen) atoms. The van der Waals surface area contributed by atoms with E-state index in [1.54, 1.807) is 42.5 Å². The van der Waals surface area contributed by atoms with Gasteiger partial charge in [0, 0.05) is 25.7 Å². The smallest absolute Gasteiger partial charge is 0.404 e. The molecule has 0 atom stereocenters. The lowest BCUT2D eigenvalue weighted by Gasteiger charge is -2.32. The van der Waals surface area contributed by atoms with Gasteiger partial charge in [-0.2, -0.15) is 10.5 Å². The normalized spacial score (nSPS) is 13.1. The molecule has 0 aliphatic carbocycles. The van der Waals surface area contributed by atoms with Gasteiger partial charge in [-0.1, -0.05) is 24.3 Å². The van der Waals surface area contributed by atoms with Crippen LogP contribution in [0.25, 0.3) is 0 Å². The molecule has 0 spiro atoms. The van der Waals surface area contributed by atoms with Gasteiger partial charge in [0.2, 0.25) is 0 Å². The summed E-state index contributed by atoms with van der Waals surface area (Å²) in [5, 5.41) is 29.2. The maximum absolute atomic E-state index is 13.5. The number of nitrogens with one attached hydrogen (secondary N) is 1. The van der Waals surface area contributed by atoms with E-state index in [-0.39, 0.29) is 19.1 Å². The van der Waals surface area contributed by atoms with Crippen molar-refractivity contribution in [2.24, 2.45) is 5.92 Å². The number of carboxylic acid groups (broad SMARTS) is 1. The van der Waals surface area contributed by atoms with E-state index in [4.69, 9.17) is 25.1 Å². The molecule has 1 aliphatic rings. The number of rotatable bonds is 10. The Bertz CT molecular complexity index is 1400.